The molecule has 0 radical (unpaired) electrons. The average Bonchev–Trinajstić information content (AvgIpc) is 2.14. The fraction of sp³-hybridized carbons (Fsp3) is 0.333. The lowest BCUT2D eigenvalue weighted by Crippen LogP contribution is -2.52. The van der Waals surface area contributed by atoms with Gasteiger partial charge in [-0.2, -0.15) is 17.6 Å². The molecule has 0 aromatic heterocycles. The summed E-state index contributed by atoms with van der Waals surface area (Å²) in [4.78, 5) is 0. The predicted octanol–water partition coefficient (Wildman–Crippen LogP) is 3.12. The van der Waals surface area contributed by atoms with Crippen LogP contribution < -0.4 is 5.73 Å². The normalized spacial score (nSPS) is 13.8. The summed E-state index contributed by atoms with van der Waals surface area (Å²) in [5.41, 5.74) is 0.539. The van der Waals surface area contributed by atoms with Crippen LogP contribution in [0, 0.1) is 0 Å². The summed E-state index contributed by atoms with van der Waals surface area (Å²) in [5, 5.41) is 0.125. The molecule has 0 spiro atoms. The van der Waals surface area contributed by atoms with Gasteiger partial charge in [0.1, 0.15) is 0 Å². The lowest BCUT2D eigenvalue weighted by molar-refractivity contribution is -0.224. The smallest absolute Gasteiger partial charge is 0.361 e. The molecular weight excluding hydrogens is 285 g/mol. The Labute approximate surface area is 104 Å². The van der Waals surface area contributed by atoms with Crippen molar-refractivity contribution < 1.29 is 22.7 Å². The van der Waals surface area contributed by atoms with Crippen molar-refractivity contribution >= 4 is 28.9 Å². The van der Waals surface area contributed by atoms with Crippen LogP contribution in [-0.2, 0) is 5.60 Å². The van der Waals surface area contributed by atoms with Gasteiger partial charge in [0.25, 0.3) is 0 Å². The van der Waals surface area contributed by atoms with Gasteiger partial charge in [-0.1, -0.05) is 12.1 Å². The minimum Gasteiger partial charge on any atom is -0.399 e. The first-order valence-corrected chi connectivity index (χ1v) is 4.97. The highest BCUT2D eigenvalue weighted by molar-refractivity contribution is 6.26. The number of nitrogens with two attached hydrogens (primary N) is 1. The quantitative estimate of drug-likeness (QED) is 0.511. The van der Waals surface area contributed by atoms with E-state index in [0.717, 1.165) is 24.3 Å². The number of rotatable bonds is 3. The fourth-order valence-corrected chi connectivity index (χ4v) is 1.72. The van der Waals surface area contributed by atoms with E-state index in [9.17, 15) is 22.7 Å². The Balaban J connectivity index is 3.41. The standard InChI is InChI=1S/C9H7Cl2F4NO/c10-8(12,13)7(17,9(11,14)15)5-1-3-6(16)4-2-5/h1-4,17H,16H2. The Morgan fingerprint density at radius 1 is 0.941 bits per heavy atom. The van der Waals surface area contributed by atoms with Crippen LogP contribution >= 0.6 is 23.2 Å². The Morgan fingerprint density at radius 3 is 1.59 bits per heavy atom. The molecule has 0 bridgehead atoms. The molecule has 3 N–H and O–H groups in total. The molecule has 0 unspecified atom stereocenters. The number of alkyl halides is 6. The summed E-state index contributed by atoms with van der Waals surface area (Å²) < 4.78 is 51.9. The highest BCUT2D eigenvalue weighted by Crippen LogP contribution is 2.52. The second-order valence-electron chi connectivity index (χ2n) is 3.33. The maximum absolute atomic E-state index is 13.0. The van der Waals surface area contributed by atoms with E-state index in [2.05, 4.69) is 23.2 Å². The first-order chi connectivity index (χ1) is 7.50. The summed E-state index contributed by atoms with van der Waals surface area (Å²) in [6, 6.07) is 3.71. The molecule has 2 nitrogen and oxygen atoms in total. The average molecular weight is 292 g/mol. The van der Waals surface area contributed by atoms with Crippen molar-refractivity contribution in [2.45, 2.75) is 16.4 Å². The van der Waals surface area contributed by atoms with Gasteiger partial charge in [-0.05, 0) is 40.9 Å². The van der Waals surface area contributed by atoms with Crippen molar-refractivity contribution in [3.63, 3.8) is 0 Å². The van der Waals surface area contributed by atoms with E-state index in [4.69, 9.17) is 5.73 Å². The predicted molar refractivity (Wildman–Crippen MR) is 56.4 cm³/mol. The molecule has 0 aliphatic heterocycles. The van der Waals surface area contributed by atoms with Crippen molar-refractivity contribution in [2.24, 2.45) is 0 Å². The van der Waals surface area contributed by atoms with Gasteiger partial charge in [0, 0.05) is 5.69 Å². The van der Waals surface area contributed by atoms with Gasteiger partial charge in [-0.15, -0.1) is 0 Å². The molecule has 1 aromatic rings. The number of hydrogen-bond donors (Lipinski definition) is 2. The van der Waals surface area contributed by atoms with Crippen LogP contribution in [0.3, 0.4) is 0 Å². The van der Waals surface area contributed by atoms with E-state index in [0.29, 0.717) is 0 Å². The Hall–Kier alpha value is -0.720. The van der Waals surface area contributed by atoms with E-state index < -0.39 is 21.9 Å². The molecule has 0 saturated carbocycles. The summed E-state index contributed by atoms with van der Waals surface area (Å²) in [5.74, 6) is 0. The zero-order valence-electron chi connectivity index (χ0n) is 8.10. The third kappa shape index (κ3) is 2.43. The first kappa shape index (κ1) is 14.3. The minimum atomic E-state index is -4.66. The third-order valence-electron chi connectivity index (χ3n) is 2.15. The maximum Gasteiger partial charge on any atom is 0.361 e. The largest absolute Gasteiger partial charge is 0.399 e. The molecule has 0 saturated heterocycles. The molecule has 17 heavy (non-hydrogen) atoms. The summed E-state index contributed by atoms with van der Waals surface area (Å²) >= 11 is 9.04. The third-order valence-corrected chi connectivity index (χ3v) is 2.70. The van der Waals surface area contributed by atoms with E-state index in [1.54, 1.807) is 0 Å². The summed E-state index contributed by atoms with van der Waals surface area (Å²) in [6.45, 7) is 0. The molecule has 0 amide bonds. The fourth-order valence-electron chi connectivity index (χ4n) is 1.21. The van der Waals surface area contributed by atoms with Crippen LogP contribution in [0.25, 0.3) is 0 Å². The van der Waals surface area contributed by atoms with Crippen LogP contribution in [-0.4, -0.2) is 15.9 Å². The minimum absolute atomic E-state index is 0.145. The molecule has 0 aliphatic rings. The maximum atomic E-state index is 13.0. The molecule has 1 rings (SSSR count). The van der Waals surface area contributed by atoms with Crippen molar-refractivity contribution in [1.29, 1.82) is 0 Å². The second-order valence-corrected chi connectivity index (χ2v) is 4.28. The molecule has 0 aliphatic carbocycles. The molecule has 8 heteroatoms. The van der Waals surface area contributed by atoms with Gasteiger partial charge in [-0.25, -0.2) is 0 Å². The van der Waals surface area contributed by atoms with Crippen molar-refractivity contribution in [1.82, 2.24) is 0 Å². The molecule has 0 fully saturated rings. The Morgan fingerprint density at radius 2 is 1.29 bits per heavy atom. The topological polar surface area (TPSA) is 46.2 Å². The number of benzene rings is 1. The SMILES string of the molecule is Nc1ccc(C(O)(C(F)(F)Cl)C(F)(F)Cl)cc1. The Bertz CT molecular complexity index is 385. The zero-order chi connectivity index (χ0) is 13.5. The van der Waals surface area contributed by atoms with E-state index in [1.807, 2.05) is 0 Å². The second kappa shape index (κ2) is 4.19. The van der Waals surface area contributed by atoms with Crippen LogP contribution in [0.4, 0.5) is 23.2 Å². The van der Waals surface area contributed by atoms with Crippen molar-refractivity contribution in [3.05, 3.63) is 29.8 Å². The molecule has 1 aromatic carbocycles. The van der Waals surface area contributed by atoms with Gasteiger partial charge in [0.05, 0.1) is 0 Å². The van der Waals surface area contributed by atoms with Crippen molar-refractivity contribution in [3.8, 4) is 0 Å². The molecule has 96 valence electrons. The number of anilines is 1. The van der Waals surface area contributed by atoms with Gasteiger partial charge in [0.2, 0.25) is 5.60 Å². The van der Waals surface area contributed by atoms with Crippen LogP contribution in [0.5, 0.6) is 0 Å². The van der Waals surface area contributed by atoms with Gasteiger partial charge < -0.3 is 10.8 Å². The van der Waals surface area contributed by atoms with Gasteiger partial charge >= 0.3 is 10.8 Å². The summed E-state index contributed by atoms with van der Waals surface area (Å²) in [6.07, 6.45) is 0. The lowest BCUT2D eigenvalue weighted by Gasteiger charge is -2.35. The molecule has 0 atom stereocenters. The Kier molecular flexibility index (Phi) is 3.53. The van der Waals surface area contributed by atoms with Crippen molar-refractivity contribution in [2.75, 3.05) is 5.73 Å². The van der Waals surface area contributed by atoms with Gasteiger partial charge in [-0.3, -0.25) is 0 Å². The monoisotopic (exact) mass is 291 g/mol. The summed E-state index contributed by atoms with van der Waals surface area (Å²) in [7, 11) is 0. The van der Waals surface area contributed by atoms with E-state index in [-0.39, 0.29) is 5.69 Å². The highest BCUT2D eigenvalue weighted by atomic mass is 35.5. The molecule has 0 heterocycles. The van der Waals surface area contributed by atoms with E-state index >= 15 is 0 Å². The highest BCUT2D eigenvalue weighted by Gasteiger charge is 2.67. The number of halogens is 6. The zero-order valence-corrected chi connectivity index (χ0v) is 9.61. The van der Waals surface area contributed by atoms with Crippen LogP contribution in [0.1, 0.15) is 5.56 Å². The van der Waals surface area contributed by atoms with Crippen LogP contribution in [0.2, 0.25) is 0 Å². The molecular formula is C9H7Cl2F4NO. The van der Waals surface area contributed by atoms with Gasteiger partial charge in [0.15, 0.2) is 0 Å². The first-order valence-electron chi connectivity index (χ1n) is 4.22. The van der Waals surface area contributed by atoms with Crippen LogP contribution in [0.15, 0.2) is 24.3 Å². The number of aliphatic hydroxyl groups is 1. The number of nitrogen functional groups attached to an aromatic ring is 1. The lowest BCUT2D eigenvalue weighted by atomic mass is 9.94. The van der Waals surface area contributed by atoms with E-state index in [1.165, 1.54) is 0 Å². The number of hydrogen-bond acceptors (Lipinski definition) is 2.